The van der Waals surface area contributed by atoms with Crippen LogP contribution in [0.1, 0.15) is 29.6 Å². The smallest absolute Gasteiger partial charge is 0.233 e. The van der Waals surface area contributed by atoms with Crippen LogP contribution in [0.2, 0.25) is 0 Å². The quantitative estimate of drug-likeness (QED) is 0.581. The Morgan fingerprint density at radius 1 is 1.11 bits per heavy atom. The summed E-state index contributed by atoms with van der Waals surface area (Å²) in [5.41, 5.74) is 4.77. The monoisotopic (exact) mass is 368 g/mol. The van der Waals surface area contributed by atoms with Gasteiger partial charge in [-0.1, -0.05) is 0 Å². The molecule has 144 valence electrons. The first kappa shape index (κ1) is 19.3. The third-order valence-electron chi connectivity index (χ3n) is 4.81. The summed E-state index contributed by atoms with van der Waals surface area (Å²) in [5.74, 6) is 0.690. The third kappa shape index (κ3) is 4.43. The molecular weight excluding hydrogens is 340 g/mol. The number of aryl methyl sites for hydroxylation is 2. The van der Waals surface area contributed by atoms with E-state index in [1.54, 1.807) is 19.5 Å². The molecule has 3 rings (SSSR count). The van der Waals surface area contributed by atoms with Crippen LogP contribution in [0.3, 0.4) is 0 Å². The minimum Gasteiger partial charge on any atom is -0.383 e. The Morgan fingerprint density at radius 3 is 2.56 bits per heavy atom. The van der Waals surface area contributed by atoms with Crippen LogP contribution in [0.5, 0.6) is 0 Å². The van der Waals surface area contributed by atoms with Gasteiger partial charge in [-0.15, -0.1) is 0 Å². The van der Waals surface area contributed by atoms with E-state index in [0.29, 0.717) is 12.6 Å². The molecule has 3 aromatic heterocycles. The molecular formula is C20H28N6O. The van der Waals surface area contributed by atoms with Gasteiger partial charge in [0.05, 0.1) is 12.3 Å². The van der Waals surface area contributed by atoms with Crippen LogP contribution in [0, 0.1) is 13.8 Å². The standard InChI is InChI=1S/C20H28N6O/c1-5-26-17(3)19(16(2)23-26)15-24(12-13-27-4)14-18-8-6-11-25(18)20-21-9-7-10-22-20/h6-11H,5,12-15H2,1-4H3. The van der Waals surface area contributed by atoms with Crippen LogP contribution in [0.25, 0.3) is 5.95 Å². The molecule has 3 heterocycles. The highest BCUT2D eigenvalue weighted by Crippen LogP contribution is 2.18. The van der Waals surface area contributed by atoms with Gasteiger partial charge in [-0.05, 0) is 39.0 Å². The first-order valence-electron chi connectivity index (χ1n) is 9.31. The molecule has 0 spiro atoms. The van der Waals surface area contributed by atoms with E-state index in [2.05, 4.69) is 51.5 Å². The number of hydrogen-bond acceptors (Lipinski definition) is 5. The molecule has 0 atom stereocenters. The number of nitrogens with zero attached hydrogens (tertiary/aromatic N) is 6. The molecule has 7 heteroatoms. The first-order valence-corrected chi connectivity index (χ1v) is 9.31. The molecule has 0 bridgehead atoms. The van der Waals surface area contributed by atoms with Crippen LogP contribution in [-0.2, 0) is 24.4 Å². The topological polar surface area (TPSA) is 61.0 Å². The Hall–Kier alpha value is -2.51. The number of methoxy groups -OCH3 is 1. The van der Waals surface area contributed by atoms with Crippen LogP contribution >= 0.6 is 0 Å². The van der Waals surface area contributed by atoms with E-state index in [1.165, 1.54) is 11.3 Å². The first-order chi connectivity index (χ1) is 13.1. The average molecular weight is 368 g/mol. The van der Waals surface area contributed by atoms with Crippen molar-refractivity contribution in [3.05, 3.63) is 59.4 Å². The summed E-state index contributed by atoms with van der Waals surface area (Å²) < 4.78 is 9.44. The lowest BCUT2D eigenvalue weighted by atomic mass is 10.1. The van der Waals surface area contributed by atoms with Gasteiger partial charge in [0, 0.05) is 68.8 Å². The zero-order valence-electron chi connectivity index (χ0n) is 16.6. The molecule has 0 aromatic carbocycles. The molecule has 7 nitrogen and oxygen atoms in total. The number of ether oxygens (including phenoxy) is 1. The second-order valence-electron chi connectivity index (χ2n) is 6.59. The molecule has 0 saturated carbocycles. The summed E-state index contributed by atoms with van der Waals surface area (Å²) in [7, 11) is 1.74. The fourth-order valence-electron chi connectivity index (χ4n) is 3.31. The molecule has 3 aromatic rings. The van der Waals surface area contributed by atoms with Gasteiger partial charge in [0.1, 0.15) is 0 Å². The molecule has 0 N–H and O–H groups in total. The van der Waals surface area contributed by atoms with Gasteiger partial charge >= 0.3 is 0 Å². The van der Waals surface area contributed by atoms with E-state index in [1.807, 2.05) is 22.9 Å². The van der Waals surface area contributed by atoms with Crippen molar-refractivity contribution < 1.29 is 4.74 Å². The average Bonchev–Trinajstić information content (AvgIpc) is 3.26. The Morgan fingerprint density at radius 2 is 1.89 bits per heavy atom. The molecule has 27 heavy (non-hydrogen) atoms. The lowest BCUT2D eigenvalue weighted by Crippen LogP contribution is -2.28. The fourth-order valence-corrected chi connectivity index (χ4v) is 3.31. The Kier molecular flexibility index (Phi) is 6.36. The Balaban J connectivity index is 1.83. The van der Waals surface area contributed by atoms with E-state index in [4.69, 9.17) is 4.74 Å². The minimum atomic E-state index is 0.683. The lowest BCUT2D eigenvalue weighted by molar-refractivity contribution is 0.138. The lowest BCUT2D eigenvalue weighted by Gasteiger charge is -2.23. The van der Waals surface area contributed by atoms with E-state index in [-0.39, 0.29) is 0 Å². The maximum Gasteiger partial charge on any atom is 0.233 e. The normalized spacial score (nSPS) is 11.4. The Labute approximate surface area is 160 Å². The van der Waals surface area contributed by atoms with E-state index in [9.17, 15) is 0 Å². The van der Waals surface area contributed by atoms with Crippen molar-refractivity contribution in [3.8, 4) is 5.95 Å². The van der Waals surface area contributed by atoms with Crippen molar-refractivity contribution in [1.82, 2.24) is 29.2 Å². The summed E-state index contributed by atoms with van der Waals surface area (Å²) >= 11 is 0. The molecule has 0 saturated heterocycles. The summed E-state index contributed by atoms with van der Waals surface area (Å²) in [5, 5.41) is 4.66. The molecule has 0 unspecified atom stereocenters. The van der Waals surface area contributed by atoms with Crippen LogP contribution in [0.15, 0.2) is 36.8 Å². The molecule has 0 amide bonds. The van der Waals surface area contributed by atoms with Gasteiger partial charge in [-0.3, -0.25) is 14.1 Å². The number of rotatable bonds is 9. The van der Waals surface area contributed by atoms with Gasteiger partial charge in [-0.25, -0.2) is 9.97 Å². The van der Waals surface area contributed by atoms with E-state index >= 15 is 0 Å². The second kappa shape index (κ2) is 8.92. The highest BCUT2D eigenvalue weighted by molar-refractivity contribution is 5.25. The van der Waals surface area contributed by atoms with Crippen molar-refractivity contribution in [2.24, 2.45) is 0 Å². The fraction of sp³-hybridized carbons (Fsp3) is 0.450. The predicted octanol–water partition coefficient (Wildman–Crippen LogP) is 2.75. The van der Waals surface area contributed by atoms with E-state index in [0.717, 1.165) is 37.6 Å². The van der Waals surface area contributed by atoms with Crippen LogP contribution in [0.4, 0.5) is 0 Å². The Bertz CT molecular complexity index is 855. The maximum absolute atomic E-state index is 5.34. The van der Waals surface area contributed by atoms with Gasteiger partial charge < -0.3 is 4.74 Å². The predicted molar refractivity (Wildman–Crippen MR) is 105 cm³/mol. The highest BCUT2D eigenvalue weighted by Gasteiger charge is 2.17. The SMILES string of the molecule is CCn1nc(C)c(CN(CCOC)Cc2cccn2-c2ncccn2)c1C. The molecule has 0 aliphatic carbocycles. The largest absolute Gasteiger partial charge is 0.383 e. The van der Waals surface area contributed by atoms with Crippen LogP contribution < -0.4 is 0 Å². The van der Waals surface area contributed by atoms with Crippen molar-refractivity contribution >= 4 is 0 Å². The molecule has 0 fully saturated rings. The van der Waals surface area contributed by atoms with Crippen molar-refractivity contribution in [2.45, 2.75) is 40.4 Å². The van der Waals surface area contributed by atoms with Gasteiger partial charge in [0.25, 0.3) is 0 Å². The van der Waals surface area contributed by atoms with Gasteiger partial charge in [0.2, 0.25) is 5.95 Å². The third-order valence-corrected chi connectivity index (χ3v) is 4.81. The molecule has 0 aliphatic rings. The highest BCUT2D eigenvalue weighted by atomic mass is 16.5. The maximum atomic E-state index is 5.34. The number of aromatic nitrogens is 5. The van der Waals surface area contributed by atoms with Crippen molar-refractivity contribution in [3.63, 3.8) is 0 Å². The zero-order chi connectivity index (χ0) is 19.2. The summed E-state index contributed by atoms with van der Waals surface area (Å²) in [6, 6.07) is 5.98. The van der Waals surface area contributed by atoms with E-state index < -0.39 is 0 Å². The minimum absolute atomic E-state index is 0.683. The molecule has 0 aliphatic heterocycles. The summed E-state index contributed by atoms with van der Waals surface area (Å²) in [4.78, 5) is 11.1. The summed E-state index contributed by atoms with van der Waals surface area (Å²) in [6.07, 6.45) is 5.53. The second-order valence-corrected chi connectivity index (χ2v) is 6.59. The van der Waals surface area contributed by atoms with Crippen molar-refractivity contribution in [1.29, 1.82) is 0 Å². The van der Waals surface area contributed by atoms with Crippen LogP contribution in [-0.4, -0.2) is 49.5 Å². The summed E-state index contributed by atoms with van der Waals surface area (Å²) in [6.45, 7) is 10.4. The van der Waals surface area contributed by atoms with Crippen molar-refractivity contribution in [2.75, 3.05) is 20.3 Å². The van der Waals surface area contributed by atoms with Gasteiger partial charge in [-0.2, -0.15) is 5.10 Å². The molecule has 0 radical (unpaired) electrons. The van der Waals surface area contributed by atoms with Gasteiger partial charge in [0.15, 0.2) is 0 Å². The number of hydrogen-bond donors (Lipinski definition) is 0. The zero-order valence-corrected chi connectivity index (χ0v) is 16.6.